The van der Waals surface area contributed by atoms with Crippen molar-refractivity contribution in [2.45, 2.75) is 25.9 Å². The normalized spacial score (nSPS) is 16.9. The first-order valence-corrected chi connectivity index (χ1v) is 5.54. The van der Waals surface area contributed by atoms with E-state index in [4.69, 9.17) is 5.41 Å². The van der Waals surface area contributed by atoms with Gasteiger partial charge in [-0.2, -0.15) is 0 Å². The summed E-state index contributed by atoms with van der Waals surface area (Å²) in [6, 6.07) is 1.89. The first kappa shape index (κ1) is 11.1. The Hall–Kier alpha value is -1.42. The number of nitrogens with zero attached hydrogens (tertiary/aromatic N) is 1. The number of aliphatic hydroxyl groups excluding tert-OH is 1. The molecular weight excluding hydrogens is 202 g/mol. The summed E-state index contributed by atoms with van der Waals surface area (Å²) in [4.78, 5) is 4.23. The molecule has 1 saturated carbocycles. The molecule has 0 aromatic carbocycles. The zero-order chi connectivity index (χ0) is 11.7. The van der Waals surface area contributed by atoms with Gasteiger partial charge in [0.2, 0.25) is 0 Å². The van der Waals surface area contributed by atoms with Gasteiger partial charge in [0.15, 0.2) is 0 Å². The zero-order valence-electron chi connectivity index (χ0n) is 9.62. The minimum Gasteiger partial charge on any atom is -0.388 e. The van der Waals surface area contributed by atoms with E-state index < -0.39 is 6.10 Å². The quantitative estimate of drug-likeness (QED) is 0.678. The van der Waals surface area contributed by atoms with Crippen LogP contribution in [0, 0.1) is 11.3 Å². The van der Waals surface area contributed by atoms with Crippen LogP contribution in [0.5, 0.6) is 0 Å². The zero-order valence-corrected chi connectivity index (χ0v) is 9.62. The maximum Gasteiger partial charge on any atom is 0.106 e. The summed E-state index contributed by atoms with van der Waals surface area (Å²) in [6.07, 6.45) is 3.47. The van der Waals surface area contributed by atoms with Gasteiger partial charge in [-0.3, -0.25) is 4.98 Å². The molecule has 16 heavy (non-hydrogen) atoms. The molecule has 1 heterocycles. The van der Waals surface area contributed by atoms with Crippen LogP contribution in [0.1, 0.15) is 37.1 Å². The fraction of sp³-hybridized carbons (Fsp3) is 0.500. The number of anilines is 1. The molecule has 1 aromatic heterocycles. The van der Waals surface area contributed by atoms with Crippen molar-refractivity contribution >= 4 is 11.4 Å². The van der Waals surface area contributed by atoms with Crippen LogP contribution in [0.4, 0.5) is 5.69 Å². The highest BCUT2D eigenvalue weighted by molar-refractivity contribution is 5.99. The van der Waals surface area contributed by atoms with Gasteiger partial charge in [0, 0.05) is 18.8 Å². The van der Waals surface area contributed by atoms with Crippen LogP contribution >= 0.6 is 0 Å². The molecule has 1 unspecified atom stereocenters. The molecule has 3 N–H and O–H groups in total. The molecule has 1 aliphatic carbocycles. The number of aromatic nitrogens is 1. The van der Waals surface area contributed by atoms with Crippen molar-refractivity contribution in [3.8, 4) is 0 Å². The molecule has 1 fully saturated rings. The third-order valence-corrected chi connectivity index (χ3v) is 2.94. The molecule has 1 atom stereocenters. The van der Waals surface area contributed by atoms with Crippen molar-refractivity contribution in [1.82, 2.24) is 4.98 Å². The van der Waals surface area contributed by atoms with Crippen LogP contribution in [0.2, 0.25) is 0 Å². The second-order valence-electron chi connectivity index (χ2n) is 4.32. The smallest absolute Gasteiger partial charge is 0.106 e. The van der Waals surface area contributed by atoms with Crippen LogP contribution in [-0.2, 0) is 0 Å². The molecule has 0 spiro atoms. The third-order valence-electron chi connectivity index (χ3n) is 2.94. The first-order valence-electron chi connectivity index (χ1n) is 5.54. The van der Waals surface area contributed by atoms with E-state index in [2.05, 4.69) is 10.3 Å². The van der Waals surface area contributed by atoms with Crippen molar-refractivity contribution in [3.05, 3.63) is 23.5 Å². The molecule has 4 heteroatoms. The van der Waals surface area contributed by atoms with Gasteiger partial charge in [0.1, 0.15) is 5.69 Å². The first-order chi connectivity index (χ1) is 7.63. The highest BCUT2D eigenvalue weighted by atomic mass is 16.3. The van der Waals surface area contributed by atoms with Crippen molar-refractivity contribution in [3.63, 3.8) is 0 Å². The second-order valence-corrected chi connectivity index (χ2v) is 4.32. The van der Waals surface area contributed by atoms with Crippen LogP contribution in [0.25, 0.3) is 0 Å². The van der Waals surface area contributed by atoms with Crippen molar-refractivity contribution < 1.29 is 5.11 Å². The molecule has 86 valence electrons. The molecule has 2 rings (SSSR count). The van der Waals surface area contributed by atoms with Crippen LogP contribution < -0.4 is 5.32 Å². The van der Waals surface area contributed by atoms with E-state index in [9.17, 15) is 5.11 Å². The number of nitrogens with one attached hydrogen (secondary N) is 2. The Morgan fingerprint density at radius 2 is 2.31 bits per heavy atom. The lowest BCUT2D eigenvalue weighted by Gasteiger charge is -2.13. The summed E-state index contributed by atoms with van der Waals surface area (Å²) in [7, 11) is 1.80. The topological polar surface area (TPSA) is 69.0 Å². The number of hydrogen-bond donors (Lipinski definition) is 3. The minimum absolute atomic E-state index is 0.401. The van der Waals surface area contributed by atoms with Crippen LogP contribution in [0.3, 0.4) is 0 Å². The highest BCUT2D eigenvalue weighted by Crippen LogP contribution is 2.41. The molecular formula is C12H17N3O. The van der Waals surface area contributed by atoms with Gasteiger partial charge in [-0.05, 0) is 31.7 Å². The van der Waals surface area contributed by atoms with Gasteiger partial charge in [0.25, 0.3) is 0 Å². The second kappa shape index (κ2) is 4.22. The SMILES string of the molecule is CNc1cc(C(O)C2CC2)cnc1C(C)=N. The monoisotopic (exact) mass is 219 g/mol. The van der Waals surface area contributed by atoms with E-state index in [1.165, 1.54) is 0 Å². The van der Waals surface area contributed by atoms with E-state index in [0.29, 0.717) is 17.3 Å². The van der Waals surface area contributed by atoms with Gasteiger partial charge in [0.05, 0.1) is 17.5 Å². The summed E-state index contributed by atoms with van der Waals surface area (Å²) < 4.78 is 0. The molecule has 0 saturated heterocycles. The summed E-state index contributed by atoms with van der Waals surface area (Å²) >= 11 is 0. The predicted molar refractivity (Wildman–Crippen MR) is 64.0 cm³/mol. The van der Waals surface area contributed by atoms with E-state index in [-0.39, 0.29) is 0 Å². The Morgan fingerprint density at radius 1 is 1.62 bits per heavy atom. The lowest BCUT2D eigenvalue weighted by Crippen LogP contribution is -2.07. The maximum absolute atomic E-state index is 9.99. The summed E-state index contributed by atoms with van der Waals surface area (Å²) in [5.41, 5.74) is 2.73. The van der Waals surface area contributed by atoms with Gasteiger partial charge in [-0.1, -0.05) is 0 Å². The molecule has 1 aromatic rings. The molecule has 0 radical (unpaired) electrons. The van der Waals surface area contributed by atoms with Crippen molar-refractivity contribution in [2.75, 3.05) is 12.4 Å². The van der Waals surface area contributed by atoms with E-state index >= 15 is 0 Å². The Bertz CT molecular complexity index is 413. The Morgan fingerprint density at radius 3 is 2.81 bits per heavy atom. The van der Waals surface area contributed by atoms with Gasteiger partial charge >= 0.3 is 0 Å². The third kappa shape index (κ3) is 2.07. The predicted octanol–water partition coefficient (Wildman–Crippen LogP) is 1.95. The highest BCUT2D eigenvalue weighted by Gasteiger charge is 2.31. The molecule has 1 aliphatic rings. The van der Waals surface area contributed by atoms with Gasteiger partial charge < -0.3 is 15.8 Å². The fourth-order valence-electron chi connectivity index (χ4n) is 1.82. The number of rotatable bonds is 4. The molecule has 4 nitrogen and oxygen atoms in total. The van der Waals surface area contributed by atoms with Crippen LogP contribution in [0.15, 0.2) is 12.3 Å². The van der Waals surface area contributed by atoms with E-state index in [1.54, 1.807) is 20.2 Å². The fourth-order valence-corrected chi connectivity index (χ4v) is 1.82. The Labute approximate surface area is 95.2 Å². The average molecular weight is 219 g/mol. The largest absolute Gasteiger partial charge is 0.388 e. The Kier molecular flexibility index (Phi) is 2.92. The van der Waals surface area contributed by atoms with Crippen molar-refractivity contribution in [2.24, 2.45) is 5.92 Å². The van der Waals surface area contributed by atoms with Gasteiger partial charge in [-0.15, -0.1) is 0 Å². The van der Waals surface area contributed by atoms with E-state index in [0.717, 1.165) is 24.1 Å². The lowest BCUT2D eigenvalue weighted by molar-refractivity contribution is 0.153. The molecule has 0 bridgehead atoms. The number of hydrogen-bond acceptors (Lipinski definition) is 4. The van der Waals surface area contributed by atoms with Crippen LogP contribution in [-0.4, -0.2) is 22.8 Å². The summed E-state index contributed by atoms with van der Waals surface area (Å²) in [5, 5.41) is 20.6. The summed E-state index contributed by atoms with van der Waals surface area (Å²) in [6.45, 7) is 1.71. The van der Waals surface area contributed by atoms with Gasteiger partial charge in [-0.25, -0.2) is 0 Å². The average Bonchev–Trinajstić information content (AvgIpc) is 3.10. The number of aliphatic hydroxyl groups is 1. The summed E-state index contributed by atoms with van der Waals surface area (Å²) in [5.74, 6) is 0.401. The standard InChI is InChI=1S/C12H17N3O/c1-7(13)11-10(14-2)5-9(6-15-11)12(16)8-3-4-8/h5-6,8,12-14,16H,3-4H2,1-2H3. The molecule has 0 aliphatic heterocycles. The van der Waals surface area contributed by atoms with Crippen molar-refractivity contribution in [1.29, 1.82) is 5.41 Å². The number of pyridine rings is 1. The van der Waals surface area contributed by atoms with E-state index in [1.807, 2.05) is 6.07 Å². The molecule has 0 amide bonds. The Balaban J connectivity index is 2.31. The maximum atomic E-state index is 9.99. The lowest BCUT2D eigenvalue weighted by atomic mass is 10.1. The minimum atomic E-state index is -0.403.